The lowest BCUT2D eigenvalue weighted by Gasteiger charge is -2.34. The summed E-state index contributed by atoms with van der Waals surface area (Å²) < 4.78 is 19.3. The first-order valence-corrected chi connectivity index (χ1v) is 6.48. The van der Waals surface area contributed by atoms with Gasteiger partial charge in [-0.1, -0.05) is 6.07 Å². The lowest BCUT2D eigenvalue weighted by molar-refractivity contribution is 0.0178. The fraction of sp³-hybridized carbons (Fsp3) is 0.500. The van der Waals surface area contributed by atoms with Crippen molar-refractivity contribution in [2.24, 2.45) is 5.73 Å². The molecule has 1 aromatic rings. The largest absolute Gasteiger partial charge is 0.379 e. The highest BCUT2D eigenvalue weighted by atomic mass is 79.9. The summed E-state index contributed by atoms with van der Waals surface area (Å²) in [6.07, 6.45) is 0. The maximum Gasteiger partial charge on any atom is 0.137 e. The molecule has 1 saturated heterocycles. The molecule has 0 bridgehead atoms. The first-order valence-electron chi connectivity index (χ1n) is 5.69. The molecule has 17 heavy (non-hydrogen) atoms. The number of halogens is 2. The highest BCUT2D eigenvalue weighted by molar-refractivity contribution is 9.10. The van der Waals surface area contributed by atoms with Crippen LogP contribution in [0.3, 0.4) is 0 Å². The number of morpholine rings is 1. The summed E-state index contributed by atoms with van der Waals surface area (Å²) >= 11 is 3.16. The van der Waals surface area contributed by atoms with E-state index >= 15 is 0 Å². The first kappa shape index (κ1) is 13.0. The number of nitrogens with zero attached hydrogens (tertiary/aromatic N) is 1. The topological polar surface area (TPSA) is 38.5 Å². The van der Waals surface area contributed by atoms with Gasteiger partial charge >= 0.3 is 0 Å². The van der Waals surface area contributed by atoms with Crippen LogP contribution in [0.25, 0.3) is 0 Å². The van der Waals surface area contributed by atoms with Gasteiger partial charge in [-0.3, -0.25) is 4.90 Å². The zero-order chi connectivity index (χ0) is 12.3. The molecule has 0 radical (unpaired) electrons. The maximum absolute atomic E-state index is 13.5. The Morgan fingerprint density at radius 1 is 1.41 bits per heavy atom. The van der Waals surface area contributed by atoms with Crippen molar-refractivity contribution >= 4 is 15.9 Å². The van der Waals surface area contributed by atoms with E-state index in [0.717, 1.165) is 31.9 Å². The van der Waals surface area contributed by atoms with Crippen LogP contribution < -0.4 is 5.73 Å². The fourth-order valence-corrected chi connectivity index (χ4v) is 2.35. The fourth-order valence-electron chi connectivity index (χ4n) is 2.10. The molecule has 94 valence electrons. The SMILES string of the molecule is NCC(c1ccc(Br)c(F)c1)N1CCOCC1. The van der Waals surface area contributed by atoms with Crippen LogP contribution in [0.15, 0.2) is 22.7 Å². The molecule has 1 aliphatic rings. The van der Waals surface area contributed by atoms with Gasteiger partial charge in [0.05, 0.1) is 17.7 Å². The van der Waals surface area contributed by atoms with Crippen molar-refractivity contribution < 1.29 is 9.13 Å². The molecule has 0 saturated carbocycles. The summed E-state index contributed by atoms with van der Waals surface area (Å²) in [5.41, 5.74) is 6.73. The summed E-state index contributed by atoms with van der Waals surface area (Å²) in [4.78, 5) is 2.24. The summed E-state index contributed by atoms with van der Waals surface area (Å²) in [5.74, 6) is -0.241. The Kier molecular flexibility index (Phi) is 4.50. The highest BCUT2D eigenvalue weighted by Crippen LogP contribution is 2.24. The third-order valence-corrected chi connectivity index (χ3v) is 3.68. The van der Waals surface area contributed by atoms with Gasteiger partial charge in [-0.05, 0) is 33.6 Å². The van der Waals surface area contributed by atoms with Gasteiger partial charge in [0.2, 0.25) is 0 Å². The van der Waals surface area contributed by atoms with Crippen LogP contribution in [0, 0.1) is 5.82 Å². The Labute approximate surface area is 109 Å². The van der Waals surface area contributed by atoms with E-state index in [-0.39, 0.29) is 11.9 Å². The van der Waals surface area contributed by atoms with Crippen molar-refractivity contribution in [1.82, 2.24) is 4.90 Å². The van der Waals surface area contributed by atoms with E-state index in [4.69, 9.17) is 10.5 Å². The maximum atomic E-state index is 13.5. The minimum absolute atomic E-state index is 0.0708. The molecular weight excluding hydrogens is 287 g/mol. The minimum atomic E-state index is -0.241. The molecule has 5 heteroatoms. The quantitative estimate of drug-likeness (QED) is 0.927. The molecule has 3 nitrogen and oxygen atoms in total. The Morgan fingerprint density at radius 2 is 2.12 bits per heavy atom. The average Bonchev–Trinajstić information content (AvgIpc) is 2.36. The number of benzene rings is 1. The van der Waals surface area contributed by atoms with Crippen LogP contribution >= 0.6 is 15.9 Å². The lowest BCUT2D eigenvalue weighted by Crippen LogP contribution is -2.41. The zero-order valence-electron chi connectivity index (χ0n) is 9.53. The molecule has 1 fully saturated rings. The van der Waals surface area contributed by atoms with Crippen molar-refractivity contribution in [2.45, 2.75) is 6.04 Å². The number of ether oxygens (including phenoxy) is 1. The number of hydrogen-bond donors (Lipinski definition) is 1. The predicted octanol–water partition coefficient (Wildman–Crippen LogP) is 1.92. The predicted molar refractivity (Wildman–Crippen MR) is 68.3 cm³/mol. The molecule has 1 heterocycles. The average molecular weight is 303 g/mol. The zero-order valence-corrected chi connectivity index (χ0v) is 11.1. The van der Waals surface area contributed by atoms with Crippen LogP contribution in [0.2, 0.25) is 0 Å². The lowest BCUT2D eigenvalue weighted by atomic mass is 10.0. The van der Waals surface area contributed by atoms with Gasteiger partial charge in [0.25, 0.3) is 0 Å². The molecule has 2 rings (SSSR count). The normalized spacial score (nSPS) is 19.2. The van der Waals surface area contributed by atoms with E-state index in [1.54, 1.807) is 12.1 Å². The summed E-state index contributed by atoms with van der Waals surface area (Å²) in [6.45, 7) is 3.62. The summed E-state index contributed by atoms with van der Waals surface area (Å²) in [7, 11) is 0. The van der Waals surface area contributed by atoms with E-state index < -0.39 is 0 Å². The molecule has 1 unspecified atom stereocenters. The van der Waals surface area contributed by atoms with E-state index in [2.05, 4.69) is 20.8 Å². The van der Waals surface area contributed by atoms with Crippen LogP contribution in [0.1, 0.15) is 11.6 Å². The third-order valence-electron chi connectivity index (χ3n) is 3.04. The molecule has 0 amide bonds. The van der Waals surface area contributed by atoms with Crippen molar-refractivity contribution in [3.05, 3.63) is 34.1 Å². The van der Waals surface area contributed by atoms with Crippen molar-refractivity contribution in [3.63, 3.8) is 0 Å². The molecule has 0 aliphatic carbocycles. The van der Waals surface area contributed by atoms with Crippen LogP contribution in [0.5, 0.6) is 0 Å². The second-order valence-electron chi connectivity index (χ2n) is 4.07. The van der Waals surface area contributed by atoms with E-state index in [9.17, 15) is 4.39 Å². The van der Waals surface area contributed by atoms with E-state index in [1.165, 1.54) is 0 Å². The standard InChI is InChI=1S/C12H16BrFN2O/c13-10-2-1-9(7-11(10)14)12(8-15)16-3-5-17-6-4-16/h1-2,7,12H,3-6,8,15H2. The monoisotopic (exact) mass is 302 g/mol. The molecular formula is C12H16BrFN2O. The van der Waals surface area contributed by atoms with Gasteiger partial charge in [0.15, 0.2) is 0 Å². The molecule has 2 N–H and O–H groups in total. The highest BCUT2D eigenvalue weighted by Gasteiger charge is 2.21. The summed E-state index contributed by atoms with van der Waals surface area (Å²) in [6, 6.07) is 5.27. The number of nitrogens with two attached hydrogens (primary N) is 1. The summed E-state index contributed by atoms with van der Waals surface area (Å²) in [5, 5.41) is 0. The van der Waals surface area contributed by atoms with Crippen LogP contribution in [-0.4, -0.2) is 37.7 Å². The number of rotatable bonds is 3. The van der Waals surface area contributed by atoms with Crippen molar-refractivity contribution in [1.29, 1.82) is 0 Å². The van der Waals surface area contributed by atoms with E-state index in [1.807, 2.05) is 6.07 Å². The smallest absolute Gasteiger partial charge is 0.137 e. The Balaban J connectivity index is 2.18. The van der Waals surface area contributed by atoms with Crippen LogP contribution in [0.4, 0.5) is 4.39 Å². The molecule has 0 spiro atoms. The number of hydrogen-bond acceptors (Lipinski definition) is 3. The van der Waals surface area contributed by atoms with Crippen molar-refractivity contribution in [2.75, 3.05) is 32.8 Å². The Bertz CT molecular complexity index is 383. The van der Waals surface area contributed by atoms with Gasteiger partial charge in [-0.2, -0.15) is 0 Å². The molecule has 1 aromatic carbocycles. The molecule has 1 aliphatic heterocycles. The van der Waals surface area contributed by atoms with Gasteiger partial charge < -0.3 is 10.5 Å². The van der Waals surface area contributed by atoms with Crippen molar-refractivity contribution in [3.8, 4) is 0 Å². The van der Waals surface area contributed by atoms with Gasteiger partial charge in [0, 0.05) is 25.7 Å². The second-order valence-corrected chi connectivity index (χ2v) is 4.93. The molecule has 0 aromatic heterocycles. The minimum Gasteiger partial charge on any atom is -0.379 e. The van der Waals surface area contributed by atoms with E-state index in [0.29, 0.717) is 11.0 Å². The Morgan fingerprint density at radius 3 is 2.71 bits per heavy atom. The van der Waals surface area contributed by atoms with Crippen LogP contribution in [-0.2, 0) is 4.74 Å². The Hall–Kier alpha value is -0.490. The molecule has 1 atom stereocenters. The van der Waals surface area contributed by atoms with Gasteiger partial charge in [-0.15, -0.1) is 0 Å². The first-order chi connectivity index (χ1) is 8.22. The second kappa shape index (κ2) is 5.91. The third kappa shape index (κ3) is 3.04. The van der Waals surface area contributed by atoms with Gasteiger partial charge in [0.1, 0.15) is 5.82 Å². The van der Waals surface area contributed by atoms with Gasteiger partial charge in [-0.25, -0.2) is 4.39 Å².